The van der Waals surface area contributed by atoms with Crippen molar-refractivity contribution in [3.05, 3.63) is 28.7 Å². The van der Waals surface area contributed by atoms with Crippen molar-refractivity contribution >= 4 is 21.6 Å². The van der Waals surface area contributed by atoms with Gasteiger partial charge in [0.05, 0.1) is 0 Å². The fourth-order valence-electron chi connectivity index (χ4n) is 3.38. The van der Waals surface area contributed by atoms with Crippen molar-refractivity contribution in [3.63, 3.8) is 0 Å². The van der Waals surface area contributed by atoms with Gasteiger partial charge >= 0.3 is 0 Å². The van der Waals surface area contributed by atoms with Crippen LogP contribution in [0.2, 0.25) is 0 Å². The molecule has 2 aliphatic rings. The molecule has 1 heterocycles. The zero-order valence-corrected chi connectivity index (χ0v) is 12.5. The van der Waals surface area contributed by atoms with Gasteiger partial charge in [-0.15, -0.1) is 0 Å². The van der Waals surface area contributed by atoms with Gasteiger partial charge in [0.15, 0.2) is 0 Å². The molecular formula is C15H21BrN2. The summed E-state index contributed by atoms with van der Waals surface area (Å²) in [7, 11) is 0. The average molecular weight is 309 g/mol. The number of benzene rings is 1. The Morgan fingerprint density at radius 3 is 2.56 bits per heavy atom. The molecule has 1 atom stereocenters. The summed E-state index contributed by atoms with van der Waals surface area (Å²) in [5.41, 5.74) is 1.75. The van der Waals surface area contributed by atoms with Crippen LogP contribution in [0.15, 0.2) is 28.7 Å². The fourth-order valence-corrected chi connectivity index (χ4v) is 3.64. The molecule has 18 heavy (non-hydrogen) atoms. The van der Waals surface area contributed by atoms with E-state index in [1.807, 2.05) is 0 Å². The average Bonchev–Trinajstić information content (AvgIpc) is 2.82. The summed E-state index contributed by atoms with van der Waals surface area (Å²) >= 11 is 3.51. The molecule has 1 saturated heterocycles. The van der Waals surface area contributed by atoms with Gasteiger partial charge in [0.1, 0.15) is 0 Å². The molecule has 1 aromatic carbocycles. The van der Waals surface area contributed by atoms with E-state index in [1.165, 1.54) is 31.4 Å². The number of rotatable bonds is 1. The van der Waals surface area contributed by atoms with E-state index in [0.717, 1.165) is 17.6 Å². The second-order valence-corrected chi connectivity index (χ2v) is 6.74. The zero-order valence-electron chi connectivity index (χ0n) is 11.0. The molecule has 3 heteroatoms. The molecule has 0 amide bonds. The molecule has 1 N–H and O–H groups in total. The maximum absolute atomic E-state index is 3.80. The largest absolute Gasteiger partial charge is 0.366 e. The van der Waals surface area contributed by atoms with Crippen LogP contribution in [-0.2, 0) is 0 Å². The van der Waals surface area contributed by atoms with Gasteiger partial charge in [-0.2, -0.15) is 0 Å². The van der Waals surface area contributed by atoms with Crippen molar-refractivity contribution in [2.45, 2.75) is 44.2 Å². The highest BCUT2D eigenvalue weighted by atomic mass is 79.9. The van der Waals surface area contributed by atoms with Crippen LogP contribution in [0.5, 0.6) is 0 Å². The van der Waals surface area contributed by atoms with Crippen molar-refractivity contribution in [3.8, 4) is 0 Å². The Morgan fingerprint density at radius 1 is 1.22 bits per heavy atom. The highest BCUT2D eigenvalue weighted by Crippen LogP contribution is 2.35. The van der Waals surface area contributed by atoms with Gasteiger partial charge in [0, 0.05) is 34.8 Å². The topological polar surface area (TPSA) is 15.3 Å². The SMILES string of the molecule is CC1CNC2(CCCC2)CN1c1ccc(Br)cc1. The Morgan fingerprint density at radius 2 is 1.89 bits per heavy atom. The highest BCUT2D eigenvalue weighted by Gasteiger charge is 2.39. The number of nitrogens with zero attached hydrogens (tertiary/aromatic N) is 1. The lowest BCUT2D eigenvalue weighted by atomic mass is 9.92. The molecule has 1 spiro atoms. The molecule has 1 aliphatic carbocycles. The van der Waals surface area contributed by atoms with Crippen molar-refractivity contribution in [1.29, 1.82) is 0 Å². The number of nitrogens with one attached hydrogen (secondary N) is 1. The van der Waals surface area contributed by atoms with E-state index < -0.39 is 0 Å². The molecule has 2 fully saturated rings. The van der Waals surface area contributed by atoms with Crippen LogP contribution in [0.3, 0.4) is 0 Å². The predicted octanol–water partition coefficient (Wildman–Crippen LogP) is 3.56. The Bertz CT molecular complexity index is 409. The van der Waals surface area contributed by atoms with E-state index in [1.54, 1.807) is 0 Å². The summed E-state index contributed by atoms with van der Waals surface area (Å²) in [6.45, 7) is 4.59. The van der Waals surface area contributed by atoms with Gasteiger partial charge in [-0.05, 0) is 44.0 Å². The van der Waals surface area contributed by atoms with E-state index in [0.29, 0.717) is 11.6 Å². The van der Waals surface area contributed by atoms with E-state index in [9.17, 15) is 0 Å². The van der Waals surface area contributed by atoms with Crippen LogP contribution in [-0.4, -0.2) is 24.7 Å². The third-order valence-electron chi connectivity index (χ3n) is 4.50. The first-order chi connectivity index (χ1) is 8.69. The first-order valence-corrected chi connectivity index (χ1v) is 7.75. The van der Waals surface area contributed by atoms with Crippen molar-refractivity contribution in [2.75, 3.05) is 18.0 Å². The van der Waals surface area contributed by atoms with Gasteiger partial charge in [-0.1, -0.05) is 28.8 Å². The first-order valence-electron chi connectivity index (χ1n) is 6.96. The van der Waals surface area contributed by atoms with Crippen LogP contribution in [0, 0.1) is 0 Å². The second-order valence-electron chi connectivity index (χ2n) is 5.82. The number of piperazine rings is 1. The molecule has 1 saturated carbocycles. The fraction of sp³-hybridized carbons (Fsp3) is 0.600. The smallest absolute Gasteiger partial charge is 0.0387 e. The molecule has 0 radical (unpaired) electrons. The monoisotopic (exact) mass is 308 g/mol. The Labute approximate surface area is 118 Å². The molecule has 1 aliphatic heterocycles. The van der Waals surface area contributed by atoms with E-state index in [4.69, 9.17) is 0 Å². The van der Waals surface area contributed by atoms with Crippen molar-refractivity contribution < 1.29 is 0 Å². The van der Waals surface area contributed by atoms with Crippen molar-refractivity contribution in [1.82, 2.24) is 5.32 Å². The molecule has 2 nitrogen and oxygen atoms in total. The van der Waals surface area contributed by atoms with Gasteiger partial charge in [-0.25, -0.2) is 0 Å². The highest BCUT2D eigenvalue weighted by molar-refractivity contribution is 9.10. The lowest BCUT2D eigenvalue weighted by Crippen LogP contribution is -2.62. The van der Waals surface area contributed by atoms with Crippen LogP contribution in [0.1, 0.15) is 32.6 Å². The van der Waals surface area contributed by atoms with Crippen LogP contribution < -0.4 is 10.2 Å². The third-order valence-corrected chi connectivity index (χ3v) is 5.03. The predicted molar refractivity (Wildman–Crippen MR) is 80.2 cm³/mol. The van der Waals surface area contributed by atoms with E-state index >= 15 is 0 Å². The third kappa shape index (κ3) is 2.30. The normalized spacial score (nSPS) is 26.8. The molecule has 3 rings (SSSR count). The molecule has 0 bridgehead atoms. The Hall–Kier alpha value is -0.540. The van der Waals surface area contributed by atoms with Gasteiger partial charge in [0.25, 0.3) is 0 Å². The molecule has 1 aromatic rings. The van der Waals surface area contributed by atoms with Gasteiger partial charge < -0.3 is 10.2 Å². The zero-order chi connectivity index (χ0) is 12.6. The van der Waals surface area contributed by atoms with Crippen molar-refractivity contribution in [2.24, 2.45) is 0 Å². The minimum atomic E-state index is 0.388. The Balaban J connectivity index is 1.82. The molecule has 1 unspecified atom stereocenters. The van der Waals surface area contributed by atoms with E-state index in [-0.39, 0.29) is 0 Å². The van der Waals surface area contributed by atoms with Crippen LogP contribution in [0.4, 0.5) is 5.69 Å². The minimum Gasteiger partial charge on any atom is -0.366 e. The van der Waals surface area contributed by atoms with E-state index in [2.05, 4.69) is 57.3 Å². The summed E-state index contributed by atoms with van der Waals surface area (Å²) < 4.78 is 1.16. The van der Waals surface area contributed by atoms with Crippen LogP contribution >= 0.6 is 15.9 Å². The number of hydrogen-bond donors (Lipinski definition) is 1. The lowest BCUT2D eigenvalue weighted by molar-refractivity contribution is 0.276. The number of hydrogen-bond acceptors (Lipinski definition) is 2. The maximum atomic E-state index is 3.80. The number of anilines is 1. The molecule has 98 valence electrons. The quantitative estimate of drug-likeness (QED) is 0.853. The second kappa shape index (κ2) is 4.86. The summed E-state index contributed by atoms with van der Waals surface area (Å²) in [4.78, 5) is 2.58. The van der Waals surface area contributed by atoms with Gasteiger partial charge in [0.2, 0.25) is 0 Å². The molecule has 0 aromatic heterocycles. The maximum Gasteiger partial charge on any atom is 0.0387 e. The first kappa shape index (κ1) is 12.5. The summed E-state index contributed by atoms with van der Waals surface area (Å²) in [5.74, 6) is 0. The summed E-state index contributed by atoms with van der Waals surface area (Å²) in [5, 5.41) is 3.80. The van der Waals surface area contributed by atoms with Gasteiger partial charge in [-0.3, -0.25) is 0 Å². The summed E-state index contributed by atoms with van der Waals surface area (Å²) in [6, 6.07) is 9.33. The minimum absolute atomic E-state index is 0.388. The Kier molecular flexibility index (Phi) is 3.37. The standard InChI is InChI=1S/C15H21BrN2/c1-12-10-17-15(8-2-3-9-15)11-18(12)14-6-4-13(16)5-7-14/h4-7,12,17H,2-3,8-11H2,1H3. The lowest BCUT2D eigenvalue weighted by Gasteiger charge is -2.46. The number of halogens is 1. The van der Waals surface area contributed by atoms with Crippen LogP contribution in [0.25, 0.3) is 0 Å². The summed E-state index contributed by atoms with van der Waals surface area (Å²) in [6.07, 6.45) is 5.45. The molecular weight excluding hydrogens is 288 g/mol.